The summed E-state index contributed by atoms with van der Waals surface area (Å²) in [5.41, 5.74) is -1.70. The Labute approximate surface area is 208 Å². The second kappa shape index (κ2) is 8.77. The van der Waals surface area contributed by atoms with Crippen molar-refractivity contribution in [3.63, 3.8) is 0 Å². The number of carbonyl (C=O) groups is 1. The molecule has 1 aliphatic heterocycles. The van der Waals surface area contributed by atoms with Crippen LogP contribution in [0.5, 0.6) is 0 Å². The van der Waals surface area contributed by atoms with Gasteiger partial charge >= 0.3 is 12.3 Å². The van der Waals surface area contributed by atoms with Crippen molar-refractivity contribution >= 4 is 61.7 Å². The summed E-state index contributed by atoms with van der Waals surface area (Å²) in [4.78, 5) is 18.4. The molecule has 1 fully saturated rings. The predicted octanol–water partition coefficient (Wildman–Crippen LogP) is 7.66. The Kier molecular flexibility index (Phi) is 6.42. The van der Waals surface area contributed by atoms with Crippen molar-refractivity contribution in [3.05, 3.63) is 52.0 Å². The van der Waals surface area contributed by atoms with Gasteiger partial charge in [0.2, 0.25) is 0 Å². The normalized spacial score (nSPS) is 19.0. The molecule has 0 spiro atoms. The van der Waals surface area contributed by atoms with Gasteiger partial charge in [-0.1, -0.05) is 40.6 Å². The molecule has 0 saturated carbocycles. The van der Waals surface area contributed by atoms with E-state index in [1.165, 1.54) is 29.5 Å². The van der Waals surface area contributed by atoms with Gasteiger partial charge in [-0.25, -0.2) is 9.78 Å². The van der Waals surface area contributed by atoms with Gasteiger partial charge in [0, 0.05) is 23.1 Å². The number of anilines is 2. The molecule has 11 heteroatoms. The van der Waals surface area contributed by atoms with E-state index in [9.17, 15) is 18.0 Å². The van der Waals surface area contributed by atoms with E-state index < -0.39 is 23.3 Å². The van der Waals surface area contributed by atoms with Crippen LogP contribution in [-0.4, -0.2) is 35.9 Å². The van der Waals surface area contributed by atoms with Gasteiger partial charge in [-0.2, -0.15) is 13.2 Å². The Morgan fingerprint density at radius 2 is 1.85 bits per heavy atom. The van der Waals surface area contributed by atoms with Crippen LogP contribution in [0.15, 0.2) is 36.4 Å². The summed E-state index contributed by atoms with van der Waals surface area (Å²) < 4.78 is 49.2. The molecule has 3 aromatic rings. The van der Waals surface area contributed by atoms with Crippen LogP contribution in [-0.2, 0) is 10.2 Å². The van der Waals surface area contributed by atoms with Crippen LogP contribution in [0.3, 0.4) is 0 Å². The SMILES string of the molecule is CC(C)(C)OC(=O)Nc1cccc2nc(N3CCC(c4cc(Cl)cc(Cl)c4)(C(F)(F)F)C3)sc12. The van der Waals surface area contributed by atoms with E-state index in [1.54, 1.807) is 43.9 Å². The van der Waals surface area contributed by atoms with Crippen LogP contribution < -0.4 is 10.2 Å². The number of carbonyl (C=O) groups excluding carboxylic acids is 1. The number of nitrogens with zero attached hydrogens (tertiary/aromatic N) is 2. The van der Waals surface area contributed by atoms with Crippen molar-refractivity contribution in [1.82, 2.24) is 4.98 Å². The van der Waals surface area contributed by atoms with Gasteiger partial charge < -0.3 is 9.64 Å². The third-order valence-corrected chi connectivity index (χ3v) is 7.14. The monoisotopic (exact) mass is 531 g/mol. The van der Waals surface area contributed by atoms with Crippen LogP contribution in [0.25, 0.3) is 10.2 Å². The molecule has 0 bridgehead atoms. The Hall–Kier alpha value is -2.23. The highest BCUT2D eigenvalue weighted by Gasteiger charge is 2.59. The molecular formula is C23H22Cl2F3N3O2S. The van der Waals surface area contributed by atoms with Crippen molar-refractivity contribution in [2.45, 2.75) is 44.4 Å². The second-order valence-corrected chi connectivity index (χ2v) is 11.0. The first kappa shape index (κ1) is 24.9. The fourth-order valence-electron chi connectivity index (χ4n) is 4.02. The summed E-state index contributed by atoms with van der Waals surface area (Å²) >= 11 is 13.3. The first-order valence-electron chi connectivity index (χ1n) is 10.5. The number of amides is 1. The number of aromatic nitrogens is 1. The Balaban J connectivity index is 1.66. The molecule has 1 saturated heterocycles. The van der Waals surface area contributed by atoms with Gasteiger partial charge in [-0.15, -0.1) is 0 Å². The summed E-state index contributed by atoms with van der Waals surface area (Å²) in [6.07, 6.45) is -5.30. The molecule has 0 aliphatic carbocycles. The van der Waals surface area contributed by atoms with Crippen LogP contribution in [0, 0.1) is 0 Å². The highest BCUT2D eigenvalue weighted by molar-refractivity contribution is 7.22. The number of fused-ring (bicyclic) bond motifs is 1. The molecule has 1 amide bonds. The molecule has 182 valence electrons. The summed E-state index contributed by atoms with van der Waals surface area (Å²) in [7, 11) is 0. The van der Waals surface area contributed by atoms with E-state index in [0.717, 1.165) is 0 Å². The zero-order chi connectivity index (χ0) is 24.9. The highest BCUT2D eigenvalue weighted by atomic mass is 35.5. The van der Waals surface area contributed by atoms with E-state index in [-0.39, 0.29) is 35.1 Å². The third-order valence-electron chi connectivity index (χ3n) is 5.54. The van der Waals surface area contributed by atoms with Gasteiger partial charge in [0.05, 0.1) is 15.9 Å². The van der Waals surface area contributed by atoms with E-state index in [2.05, 4.69) is 10.3 Å². The Morgan fingerprint density at radius 1 is 1.18 bits per heavy atom. The van der Waals surface area contributed by atoms with E-state index in [0.29, 0.717) is 21.0 Å². The van der Waals surface area contributed by atoms with Gasteiger partial charge in [0.15, 0.2) is 5.13 Å². The van der Waals surface area contributed by atoms with Gasteiger partial charge in [-0.05, 0) is 63.1 Å². The first-order chi connectivity index (χ1) is 15.8. The number of ether oxygens (including phenoxy) is 1. The maximum Gasteiger partial charge on any atom is 0.412 e. The lowest BCUT2D eigenvalue weighted by molar-refractivity contribution is -0.184. The molecule has 1 aromatic heterocycles. The van der Waals surface area contributed by atoms with Crippen molar-refractivity contribution in [2.24, 2.45) is 0 Å². The van der Waals surface area contributed by atoms with Crippen molar-refractivity contribution in [1.29, 1.82) is 0 Å². The van der Waals surface area contributed by atoms with Crippen LogP contribution in [0.1, 0.15) is 32.8 Å². The molecule has 0 radical (unpaired) electrons. The molecule has 34 heavy (non-hydrogen) atoms. The van der Waals surface area contributed by atoms with Crippen molar-refractivity contribution < 1.29 is 22.7 Å². The minimum Gasteiger partial charge on any atom is -0.444 e. The molecule has 1 atom stereocenters. The van der Waals surface area contributed by atoms with Gasteiger partial charge in [0.25, 0.3) is 0 Å². The Morgan fingerprint density at radius 3 is 2.47 bits per heavy atom. The lowest BCUT2D eigenvalue weighted by atomic mass is 9.79. The fraction of sp³-hybridized carbons (Fsp3) is 0.391. The number of halogens is 5. The third kappa shape index (κ3) is 4.92. The zero-order valence-corrected chi connectivity index (χ0v) is 20.9. The topological polar surface area (TPSA) is 54.5 Å². The quantitative estimate of drug-likeness (QED) is 0.376. The first-order valence-corrected chi connectivity index (χ1v) is 12.0. The number of thiazole rings is 1. The smallest absolute Gasteiger partial charge is 0.412 e. The standard InChI is InChI=1S/C23H22Cl2F3N3O2S/c1-21(2,3)33-20(32)30-17-6-4-5-16-18(17)34-19(29-16)31-8-7-22(12-31,23(26,27)28)13-9-14(24)11-15(25)10-13/h4-6,9-11H,7-8,12H2,1-3H3,(H,30,32). The van der Waals surface area contributed by atoms with Crippen molar-refractivity contribution in [2.75, 3.05) is 23.3 Å². The number of hydrogen-bond acceptors (Lipinski definition) is 5. The lowest BCUT2D eigenvalue weighted by Gasteiger charge is -2.32. The predicted molar refractivity (Wildman–Crippen MR) is 131 cm³/mol. The molecule has 2 aromatic carbocycles. The van der Waals surface area contributed by atoms with Crippen LogP contribution in [0.4, 0.5) is 28.8 Å². The molecular weight excluding hydrogens is 510 g/mol. The average molecular weight is 532 g/mol. The maximum absolute atomic E-state index is 14.4. The summed E-state index contributed by atoms with van der Waals surface area (Å²) in [5, 5.41) is 3.45. The minimum absolute atomic E-state index is 0.0355. The number of hydrogen-bond donors (Lipinski definition) is 1. The van der Waals surface area contributed by atoms with Gasteiger partial charge in [0.1, 0.15) is 11.0 Å². The number of alkyl halides is 3. The molecule has 2 heterocycles. The largest absolute Gasteiger partial charge is 0.444 e. The zero-order valence-electron chi connectivity index (χ0n) is 18.6. The highest BCUT2D eigenvalue weighted by Crippen LogP contribution is 2.50. The van der Waals surface area contributed by atoms with Crippen LogP contribution in [0.2, 0.25) is 10.0 Å². The second-order valence-electron chi connectivity index (χ2n) is 9.19. The summed E-state index contributed by atoms with van der Waals surface area (Å²) in [6, 6.07) is 9.23. The molecule has 4 rings (SSSR count). The van der Waals surface area contributed by atoms with Crippen molar-refractivity contribution in [3.8, 4) is 0 Å². The molecule has 1 N–H and O–H groups in total. The molecule has 5 nitrogen and oxygen atoms in total. The van der Waals surface area contributed by atoms with E-state index in [1.807, 2.05) is 0 Å². The Bertz CT molecular complexity index is 1220. The molecule has 1 aliphatic rings. The summed E-state index contributed by atoms with van der Waals surface area (Å²) in [6.45, 7) is 5.10. The lowest BCUT2D eigenvalue weighted by Crippen LogP contribution is -2.44. The molecule has 1 unspecified atom stereocenters. The fourth-order valence-corrected chi connectivity index (χ4v) is 5.60. The van der Waals surface area contributed by atoms with E-state index >= 15 is 0 Å². The van der Waals surface area contributed by atoms with Gasteiger partial charge in [-0.3, -0.25) is 5.32 Å². The maximum atomic E-state index is 14.4. The number of nitrogens with one attached hydrogen (secondary N) is 1. The van der Waals surface area contributed by atoms with E-state index in [4.69, 9.17) is 27.9 Å². The minimum atomic E-state index is -4.52. The number of benzene rings is 2. The number of rotatable bonds is 3. The van der Waals surface area contributed by atoms with Crippen LogP contribution >= 0.6 is 34.5 Å². The summed E-state index contributed by atoms with van der Waals surface area (Å²) in [5.74, 6) is 0. The average Bonchev–Trinajstić information content (AvgIpc) is 3.31.